The lowest BCUT2D eigenvalue weighted by Gasteiger charge is -2.33. The van der Waals surface area contributed by atoms with Crippen molar-refractivity contribution >= 4 is 16.7 Å². The molecule has 1 saturated carbocycles. The van der Waals surface area contributed by atoms with Crippen molar-refractivity contribution in [3.05, 3.63) is 0 Å². The molecule has 0 aromatic heterocycles. The van der Waals surface area contributed by atoms with Gasteiger partial charge in [-0.1, -0.05) is 0 Å². The summed E-state index contributed by atoms with van der Waals surface area (Å²) >= 11 is 0. The Hall–Kier alpha value is -0.890. The van der Waals surface area contributed by atoms with E-state index >= 15 is 0 Å². The highest BCUT2D eigenvalue weighted by Gasteiger charge is 2.44. The van der Waals surface area contributed by atoms with Crippen molar-refractivity contribution in [3.8, 4) is 6.07 Å². The van der Waals surface area contributed by atoms with Gasteiger partial charge in [-0.25, -0.2) is 0 Å². The maximum absolute atomic E-state index is 11.6. The molecule has 4 nitrogen and oxygen atoms in total. The van der Waals surface area contributed by atoms with Crippen LogP contribution in [0.15, 0.2) is 0 Å². The molecule has 0 heterocycles. The van der Waals surface area contributed by atoms with Crippen LogP contribution in [0.5, 0.6) is 0 Å². The number of carbonyl (C=O) groups is 1. The lowest BCUT2D eigenvalue weighted by Crippen LogP contribution is -2.45. The van der Waals surface area contributed by atoms with E-state index in [4.69, 9.17) is 5.26 Å². The molecule has 1 N–H and O–H groups in total. The van der Waals surface area contributed by atoms with Gasteiger partial charge in [0.1, 0.15) is 5.41 Å². The molecule has 1 aliphatic rings. The molecule has 0 saturated heterocycles. The third kappa shape index (κ3) is 3.03. The quantitative estimate of drug-likeness (QED) is 0.699. The Morgan fingerprint density at radius 3 is 2.67 bits per heavy atom. The molecular weight excluding hydrogens is 212 g/mol. The number of hydrogen-bond donors (Lipinski definition) is 1. The zero-order valence-electron chi connectivity index (χ0n) is 8.91. The minimum atomic E-state index is -0.807. The number of amides is 1. The zero-order valence-corrected chi connectivity index (χ0v) is 9.73. The van der Waals surface area contributed by atoms with E-state index in [0.29, 0.717) is 31.6 Å². The molecule has 0 aromatic carbocycles. The van der Waals surface area contributed by atoms with Crippen LogP contribution in [0, 0.1) is 16.7 Å². The molecule has 1 atom stereocenters. The van der Waals surface area contributed by atoms with Crippen molar-refractivity contribution in [2.24, 2.45) is 5.41 Å². The summed E-state index contributed by atoms with van der Waals surface area (Å²) in [5, 5.41) is 11.6. The van der Waals surface area contributed by atoms with Crippen LogP contribution in [-0.2, 0) is 15.6 Å². The summed E-state index contributed by atoms with van der Waals surface area (Å²) in [5.74, 6) is 0.443. The average molecular weight is 228 g/mol. The second-order valence-electron chi connectivity index (χ2n) is 3.93. The fourth-order valence-electron chi connectivity index (χ4n) is 1.57. The fraction of sp³-hybridized carbons (Fsp3) is 0.800. The number of nitrogens with one attached hydrogen (secondary N) is 1. The molecule has 1 amide bonds. The predicted octanol–water partition coefficient (Wildman–Crippen LogP) is 0.565. The second kappa shape index (κ2) is 5.26. The Morgan fingerprint density at radius 1 is 1.60 bits per heavy atom. The molecule has 1 rings (SSSR count). The average Bonchev–Trinajstić information content (AvgIpc) is 2.11. The molecule has 1 fully saturated rings. The van der Waals surface area contributed by atoms with Crippen molar-refractivity contribution in [2.45, 2.75) is 25.7 Å². The van der Waals surface area contributed by atoms with E-state index in [-0.39, 0.29) is 5.91 Å². The Balaban J connectivity index is 2.25. The van der Waals surface area contributed by atoms with Gasteiger partial charge in [-0.15, -0.1) is 0 Å². The van der Waals surface area contributed by atoms with Gasteiger partial charge in [0.05, 0.1) is 6.07 Å². The lowest BCUT2D eigenvalue weighted by molar-refractivity contribution is -0.131. The SMILES string of the molecule is CS(=O)CCCNC(=O)C1(C#N)CCC1. The van der Waals surface area contributed by atoms with Crippen molar-refractivity contribution in [2.75, 3.05) is 18.6 Å². The topological polar surface area (TPSA) is 70.0 Å². The van der Waals surface area contributed by atoms with Crippen molar-refractivity contribution in [1.82, 2.24) is 5.32 Å². The van der Waals surface area contributed by atoms with Crippen LogP contribution in [0.25, 0.3) is 0 Å². The molecule has 0 radical (unpaired) electrons. The molecular formula is C10H16N2O2S. The molecule has 5 heteroatoms. The van der Waals surface area contributed by atoms with Gasteiger partial charge in [-0.05, 0) is 25.7 Å². The third-order valence-corrected chi connectivity index (χ3v) is 3.61. The van der Waals surface area contributed by atoms with Gasteiger partial charge in [-0.3, -0.25) is 9.00 Å². The molecule has 1 unspecified atom stereocenters. The lowest BCUT2D eigenvalue weighted by atomic mass is 9.69. The zero-order chi connectivity index (χ0) is 11.3. The van der Waals surface area contributed by atoms with Gasteiger partial charge in [0.2, 0.25) is 5.91 Å². The maximum atomic E-state index is 11.6. The van der Waals surface area contributed by atoms with Gasteiger partial charge >= 0.3 is 0 Å². The van der Waals surface area contributed by atoms with Crippen LogP contribution in [0.2, 0.25) is 0 Å². The normalized spacial score (nSPS) is 19.7. The second-order valence-corrected chi connectivity index (χ2v) is 5.49. The molecule has 0 aromatic rings. The molecule has 0 aliphatic heterocycles. The van der Waals surface area contributed by atoms with E-state index in [1.54, 1.807) is 6.26 Å². The summed E-state index contributed by atoms with van der Waals surface area (Å²) in [6.07, 6.45) is 4.66. The van der Waals surface area contributed by atoms with E-state index in [2.05, 4.69) is 11.4 Å². The number of hydrogen-bond acceptors (Lipinski definition) is 3. The van der Waals surface area contributed by atoms with Crippen molar-refractivity contribution in [1.29, 1.82) is 5.26 Å². The van der Waals surface area contributed by atoms with E-state index in [1.165, 1.54) is 0 Å². The Labute approximate surface area is 92.5 Å². The summed E-state index contributed by atoms with van der Waals surface area (Å²) in [4.78, 5) is 11.6. The highest BCUT2D eigenvalue weighted by Crippen LogP contribution is 2.40. The van der Waals surface area contributed by atoms with Crippen LogP contribution < -0.4 is 5.32 Å². The third-order valence-electron chi connectivity index (χ3n) is 2.75. The standard InChI is InChI=1S/C10H16N2O2S/c1-15(14)7-3-6-12-9(13)10(8-11)4-2-5-10/h2-7H2,1H3,(H,12,13). The highest BCUT2D eigenvalue weighted by atomic mass is 32.2. The first kappa shape index (κ1) is 12.2. The molecule has 0 spiro atoms. The monoisotopic (exact) mass is 228 g/mol. The Morgan fingerprint density at radius 2 is 2.27 bits per heavy atom. The van der Waals surface area contributed by atoms with Crippen LogP contribution in [0.1, 0.15) is 25.7 Å². The Bertz CT molecular complexity index is 305. The summed E-state index contributed by atoms with van der Waals surface area (Å²) in [7, 11) is -0.807. The molecule has 0 bridgehead atoms. The summed E-state index contributed by atoms with van der Waals surface area (Å²) in [6, 6.07) is 2.09. The van der Waals surface area contributed by atoms with Crippen LogP contribution in [0.4, 0.5) is 0 Å². The smallest absolute Gasteiger partial charge is 0.240 e. The molecule has 1 aliphatic carbocycles. The maximum Gasteiger partial charge on any atom is 0.240 e. The highest BCUT2D eigenvalue weighted by molar-refractivity contribution is 7.84. The molecule has 84 valence electrons. The van der Waals surface area contributed by atoms with Crippen LogP contribution in [0.3, 0.4) is 0 Å². The fourth-order valence-corrected chi connectivity index (χ4v) is 2.12. The van der Waals surface area contributed by atoms with E-state index in [9.17, 15) is 9.00 Å². The van der Waals surface area contributed by atoms with E-state index in [0.717, 1.165) is 6.42 Å². The summed E-state index contributed by atoms with van der Waals surface area (Å²) in [6.45, 7) is 0.516. The predicted molar refractivity (Wildman–Crippen MR) is 58.5 cm³/mol. The van der Waals surface area contributed by atoms with Crippen LogP contribution >= 0.6 is 0 Å². The number of carbonyl (C=O) groups excluding carboxylic acids is 1. The minimum absolute atomic E-state index is 0.155. The number of nitriles is 1. The number of rotatable bonds is 5. The number of nitrogens with zero attached hydrogens (tertiary/aromatic N) is 1. The first-order valence-electron chi connectivity index (χ1n) is 5.10. The van der Waals surface area contributed by atoms with Gasteiger partial charge in [-0.2, -0.15) is 5.26 Å². The van der Waals surface area contributed by atoms with E-state index < -0.39 is 16.2 Å². The van der Waals surface area contributed by atoms with Crippen LogP contribution in [-0.4, -0.2) is 28.7 Å². The first-order valence-corrected chi connectivity index (χ1v) is 6.83. The largest absolute Gasteiger partial charge is 0.355 e. The van der Waals surface area contributed by atoms with Crippen molar-refractivity contribution < 1.29 is 9.00 Å². The first-order chi connectivity index (χ1) is 7.10. The minimum Gasteiger partial charge on any atom is -0.355 e. The van der Waals surface area contributed by atoms with Gasteiger partial charge < -0.3 is 5.32 Å². The summed E-state index contributed by atoms with van der Waals surface area (Å²) < 4.78 is 10.8. The van der Waals surface area contributed by atoms with E-state index in [1.807, 2.05) is 0 Å². The van der Waals surface area contributed by atoms with Gasteiger partial charge in [0.25, 0.3) is 0 Å². The molecule has 15 heavy (non-hydrogen) atoms. The summed E-state index contributed by atoms with van der Waals surface area (Å²) in [5.41, 5.74) is -0.759. The van der Waals surface area contributed by atoms with Gasteiger partial charge in [0.15, 0.2) is 0 Å². The Kier molecular flexibility index (Phi) is 4.28. The van der Waals surface area contributed by atoms with Gasteiger partial charge in [0, 0.05) is 29.4 Å². The van der Waals surface area contributed by atoms with Crippen molar-refractivity contribution in [3.63, 3.8) is 0 Å².